The van der Waals surface area contributed by atoms with Crippen molar-refractivity contribution in [1.29, 1.82) is 0 Å². The highest BCUT2D eigenvalue weighted by Gasteiger charge is 2.18. The zero-order valence-corrected chi connectivity index (χ0v) is 11.0. The van der Waals surface area contributed by atoms with Crippen molar-refractivity contribution in [1.82, 2.24) is 9.97 Å². The fourth-order valence-electron chi connectivity index (χ4n) is 2.07. The Morgan fingerprint density at radius 3 is 2.85 bits per heavy atom. The number of rotatable bonds is 3. The Bertz CT molecular complexity index is 810. The van der Waals surface area contributed by atoms with E-state index in [-0.39, 0.29) is 0 Å². The minimum atomic E-state index is -0.953. The molecule has 0 aliphatic heterocycles. The summed E-state index contributed by atoms with van der Waals surface area (Å²) in [6.45, 7) is 3.31. The first kappa shape index (κ1) is 12.4. The molecule has 0 aliphatic rings. The van der Waals surface area contributed by atoms with Gasteiger partial charge in [0.25, 0.3) is 0 Å². The molecule has 0 amide bonds. The fourth-order valence-corrected chi connectivity index (χ4v) is 2.07. The number of fused-ring (bicyclic) bond motifs is 3. The van der Waals surface area contributed by atoms with Gasteiger partial charge in [-0.15, -0.1) is 0 Å². The summed E-state index contributed by atoms with van der Waals surface area (Å²) in [4.78, 5) is 19.6. The molecule has 0 bridgehead atoms. The molecule has 1 aromatic carbocycles. The zero-order chi connectivity index (χ0) is 14.3. The van der Waals surface area contributed by atoms with E-state index in [1.807, 2.05) is 24.3 Å². The zero-order valence-electron chi connectivity index (χ0n) is 11.0. The maximum absolute atomic E-state index is 11.0. The van der Waals surface area contributed by atoms with Gasteiger partial charge in [-0.2, -0.15) is 0 Å². The van der Waals surface area contributed by atoms with E-state index in [9.17, 15) is 4.79 Å². The van der Waals surface area contributed by atoms with Gasteiger partial charge in [0.05, 0.1) is 0 Å². The molecule has 102 valence electrons. The normalized spacial score (nSPS) is 12.7. The molecule has 6 heteroatoms. The smallest absolute Gasteiger partial charge is 0.325 e. The summed E-state index contributed by atoms with van der Waals surface area (Å²) in [5, 5.41) is 12.7. The molecule has 0 unspecified atom stereocenters. The second-order valence-electron chi connectivity index (χ2n) is 4.60. The third kappa shape index (κ3) is 1.95. The summed E-state index contributed by atoms with van der Waals surface area (Å²) in [7, 11) is 0. The number of benzene rings is 1. The van der Waals surface area contributed by atoms with Crippen LogP contribution in [0.3, 0.4) is 0 Å². The fraction of sp³-hybridized carbons (Fsp3) is 0.214. The molecule has 2 heterocycles. The number of carbonyl (C=O) groups is 1. The molecule has 2 N–H and O–H groups in total. The predicted octanol–water partition coefficient (Wildman–Crippen LogP) is 2.57. The van der Waals surface area contributed by atoms with E-state index in [2.05, 4.69) is 15.3 Å². The number of carboxylic acid groups (broad SMARTS) is 1. The van der Waals surface area contributed by atoms with Gasteiger partial charge in [0.15, 0.2) is 11.4 Å². The summed E-state index contributed by atoms with van der Waals surface area (Å²) in [6, 6.07) is 6.77. The van der Waals surface area contributed by atoms with Crippen molar-refractivity contribution in [2.24, 2.45) is 0 Å². The van der Waals surface area contributed by atoms with Crippen molar-refractivity contribution < 1.29 is 14.3 Å². The molecule has 0 spiro atoms. The van der Waals surface area contributed by atoms with Crippen LogP contribution in [0, 0.1) is 6.92 Å². The maximum atomic E-state index is 11.0. The first-order valence-electron chi connectivity index (χ1n) is 6.21. The van der Waals surface area contributed by atoms with Gasteiger partial charge in [-0.3, -0.25) is 4.79 Å². The third-order valence-electron chi connectivity index (χ3n) is 3.06. The minimum absolute atomic E-state index is 0.401. The number of hydrogen-bond donors (Lipinski definition) is 2. The van der Waals surface area contributed by atoms with E-state index < -0.39 is 12.0 Å². The van der Waals surface area contributed by atoms with Crippen LogP contribution in [0.1, 0.15) is 12.7 Å². The molecule has 0 saturated heterocycles. The summed E-state index contributed by atoms with van der Waals surface area (Å²) in [6.07, 6.45) is 0. The second-order valence-corrected chi connectivity index (χ2v) is 4.60. The lowest BCUT2D eigenvalue weighted by atomic mass is 10.2. The molecule has 20 heavy (non-hydrogen) atoms. The summed E-state index contributed by atoms with van der Waals surface area (Å²) in [5.41, 5.74) is 1.87. The van der Waals surface area contributed by atoms with Crippen LogP contribution in [-0.2, 0) is 4.79 Å². The van der Waals surface area contributed by atoms with Crippen molar-refractivity contribution in [2.75, 3.05) is 5.32 Å². The van der Waals surface area contributed by atoms with E-state index in [0.717, 1.165) is 5.39 Å². The lowest BCUT2D eigenvalue weighted by Gasteiger charge is -2.10. The second kappa shape index (κ2) is 4.48. The highest BCUT2D eigenvalue weighted by atomic mass is 16.4. The van der Waals surface area contributed by atoms with Gasteiger partial charge in [-0.05, 0) is 26.0 Å². The minimum Gasteiger partial charge on any atom is -0.480 e. The molecule has 0 fully saturated rings. The van der Waals surface area contributed by atoms with Gasteiger partial charge >= 0.3 is 5.97 Å². The molecular weight excluding hydrogens is 258 g/mol. The van der Waals surface area contributed by atoms with Crippen molar-refractivity contribution in [3.8, 4) is 0 Å². The standard InChI is InChI=1S/C14H13N3O3/c1-7(14(18)19)15-13-12-11(16-8(2)17-13)9-5-3-4-6-10(9)20-12/h3-7H,1-2H3,(H,18,19)(H,15,16,17)/t7-/m0/s1. The van der Waals surface area contributed by atoms with E-state index in [0.29, 0.717) is 28.3 Å². The number of hydrogen-bond acceptors (Lipinski definition) is 5. The van der Waals surface area contributed by atoms with Crippen molar-refractivity contribution >= 4 is 33.9 Å². The van der Waals surface area contributed by atoms with Crippen molar-refractivity contribution in [3.05, 3.63) is 30.1 Å². The monoisotopic (exact) mass is 271 g/mol. The van der Waals surface area contributed by atoms with Crippen LogP contribution in [-0.4, -0.2) is 27.1 Å². The van der Waals surface area contributed by atoms with Gasteiger partial charge < -0.3 is 14.8 Å². The Morgan fingerprint density at radius 2 is 2.10 bits per heavy atom. The molecule has 2 aromatic heterocycles. The number of anilines is 1. The van der Waals surface area contributed by atoms with Crippen LogP contribution in [0.5, 0.6) is 0 Å². The molecule has 3 rings (SSSR count). The third-order valence-corrected chi connectivity index (χ3v) is 3.06. The number of aryl methyl sites for hydroxylation is 1. The molecule has 3 aromatic rings. The van der Waals surface area contributed by atoms with Gasteiger partial charge in [0.1, 0.15) is 23.0 Å². The molecule has 6 nitrogen and oxygen atoms in total. The highest BCUT2D eigenvalue weighted by molar-refractivity contribution is 6.05. The quantitative estimate of drug-likeness (QED) is 0.761. The molecular formula is C14H13N3O3. The number of para-hydroxylation sites is 1. The Balaban J connectivity index is 2.23. The SMILES string of the molecule is Cc1nc(N[C@@H](C)C(=O)O)c2oc3ccccc3c2n1. The average Bonchev–Trinajstić information content (AvgIpc) is 2.77. The largest absolute Gasteiger partial charge is 0.480 e. The Kier molecular flexibility index (Phi) is 2.78. The number of carboxylic acids is 1. The van der Waals surface area contributed by atoms with E-state index in [1.165, 1.54) is 0 Å². The molecule has 0 radical (unpaired) electrons. The number of furan rings is 1. The van der Waals surface area contributed by atoms with Gasteiger partial charge in [-0.1, -0.05) is 12.1 Å². The van der Waals surface area contributed by atoms with Crippen LogP contribution in [0.15, 0.2) is 28.7 Å². The Morgan fingerprint density at radius 1 is 1.35 bits per heavy atom. The average molecular weight is 271 g/mol. The van der Waals surface area contributed by atoms with E-state index in [1.54, 1.807) is 13.8 Å². The number of nitrogens with one attached hydrogen (secondary N) is 1. The summed E-state index contributed by atoms with van der Waals surface area (Å²) >= 11 is 0. The number of nitrogens with zero attached hydrogens (tertiary/aromatic N) is 2. The van der Waals surface area contributed by atoms with E-state index in [4.69, 9.17) is 9.52 Å². The van der Waals surface area contributed by atoms with Crippen LogP contribution in [0.25, 0.3) is 22.1 Å². The van der Waals surface area contributed by atoms with E-state index >= 15 is 0 Å². The predicted molar refractivity (Wildman–Crippen MR) is 74.8 cm³/mol. The van der Waals surface area contributed by atoms with Crippen LogP contribution >= 0.6 is 0 Å². The lowest BCUT2D eigenvalue weighted by molar-refractivity contribution is -0.137. The highest BCUT2D eigenvalue weighted by Crippen LogP contribution is 2.31. The number of aromatic nitrogens is 2. The summed E-state index contributed by atoms with van der Waals surface area (Å²) in [5.74, 6) is 0.00766. The maximum Gasteiger partial charge on any atom is 0.325 e. The van der Waals surface area contributed by atoms with Crippen molar-refractivity contribution in [2.45, 2.75) is 19.9 Å². The first-order chi connectivity index (χ1) is 9.56. The topological polar surface area (TPSA) is 88.2 Å². The van der Waals surface area contributed by atoms with Gasteiger partial charge in [0, 0.05) is 5.39 Å². The first-order valence-corrected chi connectivity index (χ1v) is 6.21. The van der Waals surface area contributed by atoms with Crippen LogP contribution in [0.4, 0.5) is 5.82 Å². The summed E-state index contributed by atoms with van der Waals surface area (Å²) < 4.78 is 5.74. The van der Waals surface area contributed by atoms with Crippen molar-refractivity contribution in [3.63, 3.8) is 0 Å². The van der Waals surface area contributed by atoms with Crippen LogP contribution in [0.2, 0.25) is 0 Å². The number of aliphatic carboxylic acids is 1. The molecule has 0 saturated carbocycles. The molecule has 0 aliphatic carbocycles. The molecule has 1 atom stereocenters. The Hall–Kier alpha value is -2.63. The lowest BCUT2D eigenvalue weighted by Crippen LogP contribution is -2.26. The van der Waals surface area contributed by atoms with Gasteiger partial charge in [-0.25, -0.2) is 9.97 Å². The Labute approximate surface area is 114 Å². The van der Waals surface area contributed by atoms with Crippen LogP contribution < -0.4 is 5.32 Å². The van der Waals surface area contributed by atoms with Gasteiger partial charge in [0.2, 0.25) is 0 Å².